The van der Waals surface area contributed by atoms with Gasteiger partial charge in [0, 0.05) is 16.3 Å². The number of aliphatic imine (C=N–C) groups is 1. The van der Waals surface area contributed by atoms with E-state index in [2.05, 4.69) is 31.2 Å². The van der Waals surface area contributed by atoms with Crippen LogP contribution in [-0.4, -0.2) is 28.0 Å². The van der Waals surface area contributed by atoms with Gasteiger partial charge < -0.3 is 10.4 Å². The Hall–Kier alpha value is -2.68. The highest BCUT2D eigenvalue weighted by Gasteiger charge is 2.12. The van der Waals surface area contributed by atoms with Gasteiger partial charge >= 0.3 is 0 Å². The number of phenolic OH excluding ortho intramolecular Hbond substituents is 1. The molecule has 1 unspecified atom stereocenters. The maximum Gasteiger partial charge on any atom is 0.230 e. The molecule has 0 saturated carbocycles. The second-order valence-corrected chi connectivity index (χ2v) is 10.3. The molecule has 32 heavy (non-hydrogen) atoms. The molecule has 3 aromatic carbocycles. The average molecular weight is 526 g/mol. The van der Waals surface area contributed by atoms with Crippen LogP contribution in [-0.2, 0) is 4.79 Å². The Morgan fingerprint density at radius 3 is 2.84 bits per heavy atom. The number of amides is 1. The molecule has 2 N–H and O–H groups in total. The number of thioether (sulfide) groups is 1. The van der Waals surface area contributed by atoms with Crippen molar-refractivity contribution in [2.75, 3.05) is 5.75 Å². The predicted molar refractivity (Wildman–Crippen MR) is 136 cm³/mol. The molecule has 1 amide bonds. The van der Waals surface area contributed by atoms with Gasteiger partial charge in [-0.3, -0.25) is 9.79 Å². The van der Waals surface area contributed by atoms with Crippen LogP contribution in [0.4, 0.5) is 5.69 Å². The van der Waals surface area contributed by atoms with Crippen LogP contribution in [0.3, 0.4) is 0 Å². The van der Waals surface area contributed by atoms with Crippen molar-refractivity contribution in [1.82, 2.24) is 10.3 Å². The average Bonchev–Trinajstić information content (AvgIpc) is 3.21. The van der Waals surface area contributed by atoms with E-state index in [-0.39, 0.29) is 17.7 Å². The topological polar surface area (TPSA) is 74.6 Å². The molecule has 0 fully saturated rings. The van der Waals surface area contributed by atoms with Crippen LogP contribution in [0.1, 0.15) is 24.1 Å². The number of carbonyl (C=O) groups is 1. The summed E-state index contributed by atoms with van der Waals surface area (Å²) < 4.78 is 2.71. The van der Waals surface area contributed by atoms with E-state index in [9.17, 15) is 9.90 Å². The molecule has 0 aliphatic heterocycles. The van der Waals surface area contributed by atoms with Crippen LogP contribution in [0.15, 0.2) is 80.5 Å². The molecule has 5 nitrogen and oxygen atoms in total. The van der Waals surface area contributed by atoms with Gasteiger partial charge in [0.05, 0.1) is 27.7 Å². The first-order valence-electron chi connectivity index (χ1n) is 9.88. The van der Waals surface area contributed by atoms with E-state index >= 15 is 0 Å². The van der Waals surface area contributed by atoms with Gasteiger partial charge in [0.15, 0.2) is 4.34 Å². The summed E-state index contributed by atoms with van der Waals surface area (Å²) in [6.07, 6.45) is 1.64. The summed E-state index contributed by atoms with van der Waals surface area (Å²) in [5, 5.41) is 13.0. The van der Waals surface area contributed by atoms with Gasteiger partial charge in [0.2, 0.25) is 5.91 Å². The van der Waals surface area contributed by atoms with Crippen molar-refractivity contribution < 1.29 is 9.90 Å². The SMILES string of the molecule is CC(NC(=O)CSc1nc2ccc(N=Cc3cc(Br)ccc3O)cc2s1)c1ccccc1. The van der Waals surface area contributed by atoms with Crippen molar-refractivity contribution in [2.45, 2.75) is 17.3 Å². The molecule has 1 aromatic heterocycles. The second kappa shape index (κ2) is 10.3. The molecule has 4 aromatic rings. The summed E-state index contributed by atoms with van der Waals surface area (Å²) in [7, 11) is 0. The van der Waals surface area contributed by atoms with Crippen molar-refractivity contribution in [3.8, 4) is 5.75 Å². The number of fused-ring (bicyclic) bond motifs is 1. The highest BCUT2D eigenvalue weighted by molar-refractivity contribution is 9.10. The fraction of sp³-hybridized carbons (Fsp3) is 0.125. The van der Waals surface area contributed by atoms with Crippen molar-refractivity contribution in [1.29, 1.82) is 0 Å². The van der Waals surface area contributed by atoms with Crippen molar-refractivity contribution in [3.05, 3.63) is 82.3 Å². The van der Waals surface area contributed by atoms with E-state index in [4.69, 9.17) is 0 Å². The minimum atomic E-state index is -0.0373. The zero-order valence-corrected chi connectivity index (χ0v) is 20.4. The third-order valence-electron chi connectivity index (χ3n) is 4.70. The Balaban J connectivity index is 1.39. The number of halogens is 1. The molecule has 0 aliphatic rings. The minimum Gasteiger partial charge on any atom is -0.507 e. The second-order valence-electron chi connectivity index (χ2n) is 7.08. The van der Waals surface area contributed by atoms with Gasteiger partial charge in [-0.15, -0.1) is 11.3 Å². The number of rotatable bonds is 7. The first-order chi connectivity index (χ1) is 15.5. The van der Waals surface area contributed by atoms with Crippen LogP contribution in [0, 0.1) is 0 Å². The maximum absolute atomic E-state index is 12.3. The molecule has 162 valence electrons. The first-order valence-corrected chi connectivity index (χ1v) is 12.5. The zero-order chi connectivity index (χ0) is 22.5. The van der Waals surface area contributed by atoms with E-state index in [1.54, 1.807) is 18.3 Å². The Morgan fingerprint density at radius 1 is 1.22 bits per heavy atom. The van der Waals surface area contributed by atoms with Gasteiger partial charge in [-0.05, 0) is 48.9 Å². The number of phenols is 1. The standard InChI is InChI=1S/C24H20BrN3O2S2/c1-15(16-5-3-2-4-6-16)27-23(30)14-31-24-28-20-9-8-19(12-22(20)32-24)26-13-17-11-18(25)7-10-21(17)29/h2-13,15,29H,14H2,1H3,(H,27,30). The molecule has 8 heteroatoms. The van der Waals surface area contributed by atoms with Crippen molar-refractivity contribution >= 4 is 67.1 Å². The van der Waals surface area contributed by atoms with Crippen molar-refractivity contribution in [2.24, 2.45) is 4.99 Å². The Labute approximate surface area is 202 Å². The van der Waals surface area contributed by atoms with Crippen LogP contribution in [0.2, 0.25) is 0 Å². The lowest BCUT2D eigenvalue weighted by Gasteiger charge is -2.13. The number of benzene rings is 3. The lowest BCUT2D eigenvalue weighted by atomic mass is 10.1. The summed E-state index contributed by atoms with van der Waals surface area (Å²) in [6, 6.07) is 20.8. The fourth-order valence-electron chi connectivity index (χ4n) is 3.04. The maximum atomic E-state index is 12.3. The van der Waals surface area contributed by atoms with Crippen molar-refractivity contribution in [3.63, 3.8) is 0 Å². The Morgan fingerprint density at radius 2 is 2.03 bits per heavy atom. The number of aromatic hydroxyl groups is 1. The number of nitrogens with zero attached hydrogens (tertiary/aromatic N) is 2. The van der Waals surface area contributed by atoms with E-state index in [0.717, 1.165) is 30.3 Å². The number of nitrogens with one attached hydrogen (secondary N) is 1. The molecule has 1 atom stereocenters. The van der Waals surface area contributed by atoms with E-state index in [0.29, 0.717) is 11.3 Å². The van der Waals surface area contributed by atoms with Crippen LogP contribution in [0.25, 0.3) is 10.2 Å². The third-order valence-corrected chi connectivity index (χ3v) is 7.35. The number of aromatic nitrogens is 1. The largest absolute Gasteiger partial charge is 0.507 e. The number of carbonyl (C=O) groups excluding carboxylic acids is 1. The highest BCUT2D eigenvalue weighted by Crippen LogP contribution is 2.32. The van der Waals surface area contributed by atoms with E-state index < -0.39 is 0 Å². The van der Waals surface area contributed by atoms with Crippen LogP contribution >= 0.6 is 39.0 Å². The molecule has 0 spiro atoms. The van der Waals surface area contributed by atoms with E-state index in [1.807, 2.05) is 61.5 Å². The normalized spacial score (nSPS) is 12.3. The summed E-state index contributed by atoms with van der Waals surface area (Å²) in [5.41, 5.74) is 3.36. The molecule has 0 saturated heterocycles. The molecule has 0 radical (unpaired) electrons. The van der Waals surface area contributed by atoms with Crippen LogP contribution in [0.5, 0.6) is 5.75 Å². The predicted octanol–water partition coefficient (Wildman–Crippen LogP) is 6.48. The van der Waals surface area contributed by atoms with Gasteiger partial charge in [0.1, 0.15) is 5.75 Å². The van der Waals surface area contributed by atoms with Gasteiger partial charge in [-0.25, -0.2) is 4.98 Å². The minimum absolute atomic E-state index is 0.0234. The summed E-state index contributed by atoms with van der Waals surface area (Å²) in [5.74, 6) is 0.462. The highest BCUT2D eigenvalue weighted by atomic mass is 79.9. The summed E-state index contributed by atoms with van der Waals surface area (Å²) in [6.45, 7) is 1.98. The van der Waals surface area contributed by atoms with E-state index in [1.165, 1.54) is 23.1 Å². The van der Waals surface area contributed by atoms with Gasteiger partial charge in [-0.2, -0.15) is 0 Å². The van der Waals surface area contributed by atoms with Gasteiger partial charge in [-0.1, -0.05) is 58.0 Å². The molecule has 1 heterocycles. The molecular formula is C24H20BrN3O2S2. The molecular weight excluding hydrogens is 506 g/mol. The number of hydrogen-bond donors (Lipinski definition) is 2. The smallest absolute Gasteiger partial charge is 0.230 e. The molecule has 0 aliphatic carbocycles. The molecule has 4 rings (SSSR count). The van der Waals surface area contributed by atoms with Crippen LogP contribution < -0.4 is 5.32 Å². The monoisotopic (exact) mass is 525 g/mol. The lowest BCUT2D eigenvalue weighted by Crippen LogP contribution is -2.28. The zero-order valence-electron chi connectivity index (χ0n) is 17.2. The summed E-state index contributed by atoms with van der Waals surface area (Å²) >= 11 is 6.36. The number of hydrogen-bond acceptors (Lipinski definition) is 6. The fourth-order valence-corrected chi connectivity index (χ4v) is 5.33. The summed E-state index contributed by atoms with van der Waals surface area (Å²) in [4.78, 5) is 21.4. The quantitative estimate of drug-likeness (QED) is 0.213. The Bertz CT molecular complexity index is 1270. The Kier molecular flexibility index (Phi) is 7.24. The lowest BCUT2D eigenvalue weighted by molar-refractivity contribution is -0.119. The third kappa shape index (κ3) is 5.76. The number of thiazole rings is 1. The molecule has 0 bridgehead atoms. The van der Waals surface area contributed by atoms with Gasteiger partial charge in [0.25, 0.3) is 0 Å². The first kappa shape index (κ1) is 22.5.